The molecule has 0 bridgehead atoms. The molecule has 26 heavy (non-hydrogen) atoms. The van der Waals surface area contributed by atoms with Crippen molar-refractivity contribution in [2.45, 2.75) is 29.9 Å². The molecular formula is C16H20N4O4S2. The first-order valence-electron chi connectivity index (χ1n) is 7.94. The van der Waals surface area contributed by atoms with Crippen molar-refractivity contribution in [2.24, 2.45) is 0 Å². The van der Waals surface area contributed by atoms with Crippen LogP contribution in [0.3, 0.4) is 0 Å². The molecule has 1 aromatic heterocycles. The van der Waals surface area contributed by atoms with Crippen molar-refractivity contribution >= 4 is 45.9 Å². The van der Waals surface area contributed by atoms with Crippen molar-refractivity contribution in [2.75, 3.05) is 24.4 Å². The van der Waals surface area contributed by atoms with Crippen molar-refractivity contribution in [3.8, 4) is 5.75 Å². The van der Waals surface area contributed by atoms with E-state index in [0.717, 1.165) is 0 Å². The maximum atomic E-state index is 12.0. The van der Waals surface area contributed by atoms with Crippen LogP contribution < -0.4 is 15.4 Å². The number of benzene rings is 1. The Labute approximate surface area is 159 Å². The average Bonchev–Trinajstić information content (AvgIpc) is 3.07. The van der Waals surface area contributed by atoms with Crippen molar-refractivity contribution in [1.29, 1.82) is 0 Å². The topological polar surface area (TPSA) is 102 Å². The Balaban J connectivity index is 1.90. The summed E-state index contributed by atoms with van der Waals surface area (Å²) in [6.45, 7) is 4.01. The highest BCUT2D eigenvalue weighted by Gasteiger charge is 2.21. The lowest BCUT2D eigenvalue weighted by atomic mass is 10.3. The second-order valence-corrected chi connectivity index (χ2v) is 7.37. The zero-order valence-electron chi connectivity index (χ0n) is 14.6. The Morgan fingerprint density at radius 1 is 1.19 bits per heavy atom. The fourth-order valence-corrected chi connectivity index (χ4v) is 3.81. The molecule has 1 heterocycles. The van der Waals surface area contributed by atoms with Gasteiger partial charge in [0, 0.05) is 5.69 Å². The zero-order chi connectivity index (χ0) is 18.9. The van der Waals surface area contributed by atoms with Gasteiger partial charge in [0.2, 0.25) is 5.13 Å². The summed E-state index contributed by atoms with van der Waals surface area (Å²) >= 11 is 2.48. The van der Waals surface area contributed by atoms with Crippen molar-refractivity contribution in [3.63, 3.8) is 0 Å². The van der Waals surface area contributed by atoms with Crippen molar-refractivity contribution < 1.29 is 19.1 Å². The molecular weight excluding hydrogens is 376 g/mol. The minimum atomic E-state index is -0.430. The van der Waals surface area contributed by atoms with Gasteiger partial charge in [-0.15, -0.1) is 10.2 Å². The molecule has 10 heteroatoms. The molecule has 0 unspecified atom stereocenters. The van der Waals surface area contributed by atoms with Gasteiger partial charge in [0.25, 0.3) is 0 Å². The zero-order valence-corrected chi connectivity index (χ0v) is 16.3. The van der Waals surface area contributed by atoms with Gasteiger partial charge in [-0.2, -0.15) is 0 Å². The van der Waals surface area contributed by atoms with E-state index >= 15 is 0 Å². The number of amides is 2. The molecule has 2 rings (SSSR count). The van der Waals surface area contributed by atoms with Crippen LogP contribution in [0.2, 0.25) is 0 Å². The van der Waals surface area contributed by atoms with E-state index in [1.165, 1.54) is 23.1 Å². The van der Waals surface area contributed by atoms with E-state index < -0.39 is 6.03 Å². The van der Waals surface area contributed by atoms with Gasteiger partial charge in [0.1, 0.15) is 11.0 Å². The van der Waals surface area contributed by atoms with Crippen LogP contribution in [0.15, 0.2) is 28.6 Å². The number of nitrogens with zero attached hydrogens (tertiary/aromatic N) is 2. The average molecular weight is 396 g/mol. The molecule has 0 radical (unpaired) electrons. The summed E-state index contributed by atoms with van der Waals surface area (Å²) in [7, 11) is 1.57. The largest absolute Gasteiger partial charge is 0.497 e. The molecule has 0 saturated heterocycles. The van der Waals surface area contributed by atoms with E-state index in [4.69, 9.17) is 9.47 Å². The SMILES string of the molecule is CCOC(=O)[C@H](CC)Sc1nnc(NC(=O)Nc2ccc(OC)cc2)s1. The summed E-state index contributed by atoms with van der Waals surface area (Å²) in [4.78, 5) is 23.9. The molecule has 2 N–H and O–H groups in total. The first-order chi connectivity index (χ1) is 12.5. The standard InChI is InChI=1S/C16H20N4O4S2/c1-4-12(13(21)24-5-2)25-16-20-19-15(26-16)18-14(22)17-10-6-8-11(23-3)9-7-10/h6-9,12H,4-5H2,1-3H3,(H2,17,18,19,22)/t12-/m0/s1. The summed E-state index contributed by atoms with van der Waals surface area (Å²) in [5.41, 5.74) is 0.621. The Morgan fingerprint density at radius 2 is 1.92 bits per heavy atom. The number of ether oxygens (including phenoxy) is 2. The summed E-state index contributed by atoms with van der Waals surface area (Å²) in [5.74, 6) is 0.427. The third-order valence-corrected chi connectivity index (χ3v) is 5.40. The minimum Gasteiger partial charge on any atom is -0.497 e. The van der Waals surface area contributed by atoms with E-state index in [9.17, 15) is 9.59 Å². The van der Waals surface area contributed by atoms with Gasteiger partial charge < -0.3 is 14.8 Å². The van der Waals surface area contributed by atoms with E-state index in [1.54, 1.807) is 38.3 Å². The van der Waals surface area contributed by atoms with Crippen molar-refractivity contribution in [3.05, 3.63) is 24.3 Å². The molecule has 140 valence electrons. The van der Waals surface area contributed by atoms with Crippen LogP contribution in [0.1, 0.15) is 20.3 Å². The Hall–Kier alpha value is -2.33. The van der Waals surface area contributed by atoms with E-state index in [2.05, 4.69) is 20.8 Å². The summed E-state index contributed by atoms with van der Waals surface area (Å²) in [6, 6.07) is 6.52. The summed E-state index contributed by atoms with van der Waals surface area (Å²) in [6.07, 6.45) is 0.615. The number of aromatic nitrogens is 2. The summed E-state index contributed by atoms with van der Waals surface area (Å²) < 4.78 is 10.7. The monoisotopic (exact) mass is 396 g/mol. The number of carbonyl (C=O) groups is 2. The quantitative estimate of drug-likeness (QED) is 0.399. The van der Waals surface area contributed by atoms with Crippen LogP contribution in [0.4, 0.5) is 15.6 Å². The molecule has 0 aliphatic rings. The van der Waals surface area contributed by atoms with Gasteiger partial charge in [-0.1, -0.05) is 30.0 Å². The van der Waals surface area contributed by atoms with Gasteiger partial charge in [-0.3, -0.25) is 10.1 Å². The van der Waals surface area contributed by atoms with Gasteiger partial charge in [0.05, 0.1) is 13.7 Å². The number of thioether (sulfide) groups is 1. The van der Waals surface area contributed by atoms with Crippen molar-refractivity contribution in [1.82, 2.24) is 10.2 Å². The second kappa shape index (κ2) is 9.97. The summed E-state index contributed by atoms with van der Waals surface area (Å²) in [5, 5.41) is 13.2. The molecule has 0 saturated carbocycles. The number of anilines is 2. The number of hydrogen-bond donors (Lipinski definition) is 2. The number of rotatable bonds is 8. The molecule has 8 nitrogen and oxygen atoms in total. The van der Waals surface area contributed by atoms with Gasteiger partial charge >= 0.3 is 12.0 Å². The fraction of sp³-hybridized carbons (Fsp3) is 0.375. The number of hydrogen-bond acceptors (Lipinski definition) is 8. The third-order valence-electron chi connectivity index (χ3n) is 3.14. The molecule has 0 aliphatic carbocycles. The Kier molecular flexibility index (Phi) is 7.67. The van der Waals surface area contributed by atoms with Crippen LogP contribution in [0.25, 0.3) is 0 Å². The van der Waals surface area contributed by atoms with Crippen LogP contribution in [0.5, 0.6) is 5.75 Å². The highest BCUT2D eigenvalue weighted by Crippen LogP contribution is 2.31. The third kappa shape index (κ3) is 5.88. The van der Waals surface area contributed by atoms with E-state index in [0.29, 0.717) is 33.9 Å². The number of esters is 1. The lowest BCUT2D eigenvalue weighted by Gasteiger charge is -2.10. The minimum absolute atomic E-state index is 0.276. The number of carbonyl (C=O) groups excluding carboxylic acids is 2. The van der Waals surface area contributed by atoms with Crippen LogP contribution in [0, 0.1) is 0 Å². The van der Waals surface area contributed by atoms with Crippen LogP contribution >= 0.6 is 23.1 Å². The highest BCUT2D eigenvalue weighted by molar-refractivity contribution is 8.02. The predicted molar refractivity (Wildman–Crippen MR) is 102 cm³/mol. The number of nitrogens with one attached hydrogen (secondary N) is 2. The first-order valence-corrected chi connectivity index (χ1v) is 9.64. The molecule has 2 amide bonds. The molecule has 0 fully saturated rings. The number of methoxy groups -OCH3 is 1. The van der Waals surface area contributed by atoms with Crippen LogP contribution in [-0.4, -0.2) is 41.2 Å². The van der Waals surface area contributed by atoms with Crippen LogP contribution in [-0.2, 0) is 9.53 Å². The maximum Gasteiger partial charge on any atom is 0.325 e. The molecule has 1 aromatic carbocycles. The van der Waals surface area contributed by atoms with Gasteiger partial charge in [-0.05, 0) is 37.6 Å². The molecule has 1 atom stereocenters. The predicted octanol–water partition coefficient (Wildman–Crippen LogP) is 3.62. The highest BCUT2D eigenvalue weighted by atomic mass is 32.2. The first kappa shape index (κ1) is 20.0. The lowest BCUT2D eigenvalue weighted by molar-refractivity contribution is -0.142. The molecule has 0 spiro atoms. The lowest BCUT2D eigenvalue weighted by Crippen LogP contribution is -2.19. The Bertz CT molecular complexity index is 736. The number of urea groups is 1. The Morgan fingerprint density at radius 3 is 2.54 bits per heavy atom. The smallest absolute Gasteiger partial charge is 0.325 e. The fourth-order valence-electron chi connectivity index (χ4n) is 1.90. The molecule has 2 aromatic rings. The normalized spacial score (nSPS) is 11.5. The maximum absolute atomic E-state index is 12.0. The van der Waals surface area contributed by atoms with E-state index in [1.807, 2.05) is 6.92 Å². The second-order valence-electron chi connectivity index (χ2n) is 4.95. The van der Waals surface area contributed by atoms with Gasteiger partial charge in [-0.25, -0.2) is 4.79 Å². The molecule has 0 aliphatic heterocycles. The van der Waals surface area contributed by atoms with Gasteiger partial charge in [0.15, 0.2) is 4.34 Å². The van der Waals surface area contributed by atoms with E-state index in [-0.39, 0.29) is 11.2 Å².